The van der Waals surface area contributed by atoms with E-state index in [1.807, 2.05) is 53.4 Å². The van der Waals surface area contributed by atoms with Crippen molar-refractivity contribution in [3.63, 3.8) is 0 Å². The summed E-state index contributed by atoms with van der Waals surface area (Å²) in [5, 5.41) is 5.86. The molecule has 2 N–H and O–H groups in total. The van der Waals surface area contributed by atoms with Crippen LogP contribution in [0.15, 0.2) is 54.6 Å². The van der Waals surface area contributed by atoms with Crippen molar-refractivity contribution in [1.82, 2.24) is 10.2 Å². The Kier molecular flexibility index (Phi) is 6.64. The minimum Gasteiger partial charge on any atom is -0.336 e. The van der Waals surface area contributed by atoms with Gasteiger partial charge >= 0.3 is 6.03 Å². The first-order valence-electron chi connectivity index (χ1n) is 10.9. The third kappa shape index (κ3) is 5.00. The molecule has 2 aliphatic heterocycles. The summed E-state index contributed by atoms with van der Waals surface area (Å²) in [4.78, 5) is 29.4. The molecule has 2 heterocycles. The number of likely N-dealkylation sites (tertiary alicyclic amines) is 1. The average molecular weight is 407 g/mol. The molecule has 2 aromatic carbocycles. The molecule has 6 heteroatoms. The van der Waals surface area contributed by atoms with Gasteiger partial charge in [-0.2, -0.15) is 0 Å². The number of fused-ring (bicyclic) bond motifs is 1. The van der Waals surface area contributed by atoms with Gasteiger partial charge in [0.15, 0.2) is 0 Å². The number of carbonyl (C=O) groups is 2. The number of anilines is 2. The second-order valence-electron chi connectivity index (χ2n) is 8.06. The Bertz CT molecular complexity index is 871. The third-order valence-corrected chi connectivity index (χ3v) is 6.08. The monoisotopic (exact) mass is 406 g/mol. The normalized spacial score (nSPS) is 18.7. The number of hydrogen-bond donors (Lipinski definition) is 2. The second kappa shape index (κ2) is 9.76. The molecule has 0 aromatic heterocycles. The van der Waals surface area contributed by atoms with Crippen molar-refractivity contribution in [3.8, 4) is 0 Å². The molecule has 1 atom stereocenters. The molecule has 0 saturated carbocycles. The first-order valence-corrected chi connectivity index (χ1v) is 10.9. The van der Waals surface area contributed by atoms with Crippen LogP contribution in [0.5, 0.6) is 0 Å². The average Bonchev–Trinajstić information content (AvgIpc) is 3.21. The molecule has 1 saturated heterocycles. The minimum absolute atomic E-state index is 0.184. The maximum absolute atomic E-state index is 12.8. The van der Waals surface area contributed by atoms with Crippen molar-refractivity contribution in [2.45, 2.75) is 38.1 Å². The standard InChI is InChI=1S/C24H30N4O2/c29-23(28-17-13-19-8-4-5-12-22(19)28)14-16-27-15-7-6-11-21(27)18-25-24(30)26-20-9-2-1-3-10-20/h1-5,8-10,12,21H,6-7,11,13-18H2,(H2,25,26,30). The van der Waals surface area contributed by atoms with Crippen LogP contribution < -0.4 is 15.5 Å². The fourth-order valence-corrected chi connectivity index (χ4v) is 4.46. The van der Waals surface area contributed by atoms with E-state index in [-0.39, 0.29) is 18.0 Å². The summed E-state index contributed by atoms with van der Waals surface area (Å²) in [6.45, 7) is 3.10. The Hall–Kier alpha value is -2.86. The molecule has 1 fully saturated rings. The Labute approximate surface area is 178 Å². The van der Waals surface area contributed by atoms with Crippen molar-refractivity contribution in [3.05, 3.63) is 60.2 Å². The lowest BCUT2D eigenvalue weighted by Gasteiger charge is -2.36. The number of amides is 3. The fraction of sp³-hybridized carbons (Fsp3) is 0.417. The summed E-state index contributed by atoms with van der Waals surface area (Å²) in [6.07, 6.45) is 4.81. The predicted molar refractivity (Wildman–Crippen MR) is 120 cm³/mol. The third-order valence-electron chi connectivity index (χ3n) is 6.08. The van der Waals surface area contributed by atoms with Gasteiger partial charge in [0.05, 0.1) is 0 Å². The fourth-order valence-electron chi connectivity index (χ4n) is 4.46. The minimum atomic E-state index is -0.184. The first kappa shape index (κ1) is 20.4. The van der Waals surface area contributed by atoms with Gasteiger partial charge in [-0.1, -0.05) is 42.8 Å². The smallest absolute Gasteiger partial charge is 0.319 e. The Morgan fingerprint density at radius 2 is 1.77 bits per heavy atom. The molecule has 158 valence electrons. The SMILES string of the molecule is O=C(NCC1CCCCN1CCC(=O)N1CCc2ccccc21)Nc1ccccc1. The molecule has 1 unspecified atom stereocenters. The van der Waals surface area contributed by atoms with E-state index in [2.05, 4.69) is 21.6 Å². The zero-order valence-corrected chi connectivity index (χ0v) is 17.3. The zero-order chi connectivity index (χ0) is 20.8. The van der Waals surface area contributed by atoms with Gasteiger partial charge in [0.25, 0.3) is 0 Å². The first-order chi connectivity index (χ1) is 14.7. The summed E-state index contributed by atoms with van der Waals surface area (Å²) in [6, 6.07) is 17.7. The maximum atomic E-state index is 12.8. The number of rotatable bonds is 6. The van der Waals surface area contributed by atoms with E-state index in [0.29, 0.717) is 13.0 Å². The molecule has 2 aromatic rings. The van der Waals surface area contributed by atoms with Crippen LogP contribution >= 0.6 is 0 Å². The summed E-state index contributed by atoms with van der Waals surface area (Å²) in [5.41, 5.74) is 3.11. The van der Waals surface area contributed by atoms with Crippen LogP contribution in [0.3, 0.4) is 0 Å². The molecule has 6 nitrogen and oxygen atoms in total. The van der Waals surface area contributed by atoms with E-state index >= 15 is 0 Å². The van der Waals surface area contributed by atoms with Crippen LogP contribution in [0.2, 0.25) is 0 Å². The molecule has 0 aliphatic carbocycles. The number of hydrogen-bond acceptors (Lipinski definition) is 3. The molecule has 0 spiro atoms. The van der Waals surface area contributed by atoms with E-state index in [1.54, 1.807) is 0 Å². The van der Waals surface area contributed by atoms with Gasteiger partial charge in [-0.05, 0) is 49.6 Å². The highest BCUT2D eigenvalue weighted by atomic mass is 16.2. The maximum Gasteiger partial charge on any atom is 0.319 e. The lowest BCUT2D eigenvalue weighted by atomic mass is 10.0. The largest absolute Gasteiger partial charge is 0.336 e. The number of benzene rings is 2. The molecular weight excluding hydrogens is 376 g/mol. The van der Waals surface area contributed by atoms with E-state index < -0.39 is 0 Å². The lowest BCUT2D eigenvalue weighted by Crippen LogP contribution is -2.48. The zero-order valence-electron chi connectivity index (χ0n) is 17.3. The van der Waals surface area contributed by atoms with Gasteiger partial charge in [0, 0.05) is 43.5 Å². The summed E-state index contributed by atoms with van der Waals surface area (Å²) >= 11 is 0. The predicted octanol–water partition coefficient (Wildman–Crippen LogP) is 3.64. The van der Waals surface area contributed by atoms with Gasteiger partial charge in [-0.15, -0.1) is 0 Å². The highest BCUT2D eigenvalue weighted by Crippen LogP contribution is 2.28. The van der Waals surface area contributed by atoms with Crippen LogP contribution in [-0.4, -0.2) is 49.1 Å². The van der Waals surface area contributed by atoms with E-state index in [4.69, 9.17) is 0 Å². The van der Waals surface area contributed by atoms with Crippen molar-refractivity contribution < 1.29 is 9.59 Å². The Balaban J connectivity index is 1.26. The van der Waals surface area contributed by atoms with E-state index in [0.717, 1.165) is 56.7 Å². The number of piperidine rings is 1. The summed E-state index contributed by atoms with van der Waals surface area (Å²) < 4.78 is 0. The molecule has 30 heavy (non-hydrogen) atoms. The van der Waals surface area contributed by atoms with Crippen LogP contribution in [0, 0.1) is 0 Å². The highest BCUT2D eigenvalue weighted by molar-refractivity contribution is 5.95. The number of nitrogens with one attached hydrogen (secondary N) is 2. The molecule has 4 rings (SSSR count). The molecule has 0 bridgehead atoms. The molecule has 2 aliphatic rings. The van der Waals surface area contributed by atoms with E-state index in [1.165, 1.54) is 5.56 Å². The van der Waals surface area contributed by atoms with Gasteiger partial charge in [-0.25, -0.2) is 4.79 Å². The Morgan fingerprint density at radius 3 is 2.63 bits per heavy atom. The number of urea groups is 1. The summed E-state index contributed by atoms with van der Waals surface area (Å²) in [7, 11) is 0. The highest BCUT2D eigenvalue weighted by Gasteiger charge is 2.27. The van der Waals surface area contributed by atoms with Crippen LogP contribution in [-0.2, 0) is 11.2 Å². The number of carbonyl (C=O) groups excluding carboxylic acids is 2. The van der Waals surface area contributed by atoms with Gasteiger partial charge in [-0.3, -0.25) is 9.69 Å². The van der Waals surface area contributed by atoms with Gasteiger partial charge < -0.3 is 15.5 Å². The lowest BCUT2D eigenvalue weighted by molar-refractivity contribution is -0.119. The second-order valence-corrected chi connectivity index (χ2v) is 8.06. The van der Waals surface area contributed by atoms with Crippen molar-refractivity contribution in [1.29, 1.82) is 0 Å². The van der Waals surface area contributed by atoms with Gasteiger partial charge in [0.2, 0.25) is 5.91 Å². The van der Waals surface area contributed by atoms with Crippen molar-refractivity contribution in [2.24, 2.45) is 0 Å². The van der Waals surface area contributed by atoms with Crippen LogP contribution in [0.4, 0.5) is 16.2 Å². The van der Waals surface area contributed by atoms with Crippen molar-refractivity contribution >= 4 is 23.3 Å². The van der Waals surface area contributed by atoms with Crippen molar-refractivity contribution in [2.75, 3.05) is 36.4 Å². The molecule has 3 amide bonds. The number of nitrogens with zero attached hydrogens (tertiary/aromatic N) is 2. The van der Waals surface area contributed by atoms with Gasteiger partial charge in [0.1, 0.15) is 0 Å². The van der Waals surface area contributed by atoms with Crippen LogP contribution in [0.25, 0.3) is 0 Å². The van der Waals surface area contributed by atoms with Crippen LogP contribution in [0.1, 0.15) is 31.2 Å². The van der Waals surface area contributed by atoms with E-state index in [9.17, 15) is 9.59 Å². The molecule has 0 radical (unpaired) electrons. The number of para-hydroxylation sites is 2. The summed E-state index contributed by atoms with van der Waals surface area (Å²) in [5.74, 6) is 0.194. The molecular formula is C24H30N4O2. The topological polar surface area (TPSA) is 64.7 Å². The Morgan fingerprint density at radius 1 is 0.967 bits per heavy atom. The quantitative estimate of drug-likeness (QED) is 0.770.